The van der Waals surface area contributed by atoms with Crippen molar-refractivity contribution < 1.29 is 0 Å². The van der Waals surface area contributed by atoms with Gasteiger partial charge in [0.1, 0.15) is 5.82 Å². The number of nitrogens with one attached hydrogen (secondary N) is 2. The Balaban J connectivity index is 0.00000210. The van der Waals surface area contributed by atoms with E-state index in [1.807, 2.05) is 28.8 Å². The Morgan fingerprint density at radius 3 is 2.74 bits per heavy atom. The summed E-state index contributed by atoms with van der Waals surface area (Å²) in [5, 5.41) is 15.5. The van der Waals surface area contributed by atoms with Crippen LogP contribution in [0.15, 0.2) is 29.4 Å². The van der Waals surface area contributed by atoms with Gasteiger partial charge in [-0.2, -0.15) is 0 Å². The lowest BCUT2D eigenvalue weighted by molar-refractivity contribution is 0.197. The highest BCUT2D eigenvalue weighted by atomic mass is 127. The third kappa shape index (κ3) is 5.31. The first kappa shape index (κ1) is 20.3. The van der Waals surface area contributed by atoms with Crippen LogP contribution in [-0.4, -0.2) is 63.7 Å². The van der Waals surface area contributed by atoms with Gasteiger partial charge < -0.3 is 15.5 Å². The van der Waals surface area contributed by atoms with E-state index in [0.29, 0.717) is 12.6 Å². The zero-order chi connectivity index (χ0) is 17.8. The van der Waals surface area contributed by atoms with Gasteiger partial charge in [-0.1, -0.05) is 6.07 Å². The number of rotatable bonds is 6. The topological polar surface area (TPSA) is 69.8 Å². The molecule has 4 rings (SSSR count). The van der Waals surface area contributed by atoms with Crippen molar-refractivity contribution in [2.75, 3.05) is 26.2 Å². The highest BCUT2D eigenvalue weighted by Crippen LogP contribution is 2.29. The van der Waals surface area contributed by atoms with Crippen molar-refractivity contribution in [3.8, 4) is 0 Å². The van der Waals surface area contributed by atoms with Gasteiger partial charge in [0.2, 0.25) is 0 Å². The molecule has 0 aromatic carbocycles. The van der Waals surface area contributed by atoms with Crippen LogP contribution in [-0.2, 0) is 6.42 Å². The molecule has 2 aromatic heterocycles. The first-order valence-electron chi connectivity index (χ1n) is 9.91. The number of likely N-dealkylation sites (tertiary alicyclic amines) is 1. The molecule has 3 heterocycles. The molecule has 0 radical (unpaired) electrons. The van der Waals surface area contributed by atoms with Gasteiger partial charge >= 0.3 is 0 Å². The summed E-state index contributed by atoms with van der Waals surface area (Å²) >= 11 is 0. The minimum Gasteiger partial charge on any atom is -0.357 e. The molecule has 0 unspecified atom stereocenters. The summed E-state index contributed by atoms with van der Waals surface area (Å²) in [6.07, 6.45) is 8.00. The molecule has 27 heavy (non-hydrogen) atoms. The van der Waals surface area contributed by atoms with Gasteiger partial charge in [0, 0.05) is 50.9 Å². The largest absolute Gasteiger partial charge is 0.357 e. The van der Waals surface area contributed by atoms with E-state index in [9.17, 15) is 0 Å². The molecule has 0 spiro atoms. The summed E-state index contributed by atoms with van der Waals surface area (Å²) in [5.74, 6) is 1.88. The van der Waals surface area contributed by atoms with Crippen molar-refractivity contribution in [2.24, 2.45) is 4.99 Å². The summed E-state index contributed by atoms with van der Waals surface area (Å²) < 4.78 is 2.03. The molecule has 2 aliphatic rings. The molecule has 1 saturated carbocycles. The van der Waals surface area contributed by atoms with E-state index in [0.717, 1.165) is 36.4 Å². The van der Waals surface area contributed by atoms with E-state index in [4.69, 9.17) is 4.99 Å². The lowest BCUT2D eigenvalue weighted by Gasteiger charge is -2.33. The number of halogens is 1. The SMILES string of the molecule is CCNC(=NCCc1nnc2ccccn12)NC1CCN(C2CC2)CC1.I. The fraction of sp³-hybridized carbons (Fsp3) is 0.632. The standard InChI is InChI=1S/C19H29N7.HI/c1-2-20-19(22-15-9-13-25(14-10-15)16-6-7-16)21-11-8-18-24-23-17-5-3-4-12-26(17)18;/h3-5,12,15-16H,2,6-11,13-14H2,1H3,(H2,20,21,22);1H. The average molecular weight is 483 g/mol. The molecule has 0 bridgehead atoms. The molecule has 7 nitrogen and oxygen atoms in total. The molecular formula is C19H30IN7. The van der Waals surface area contributed by atoms with Gasteiger partial charge in [0.15, 0.2) is 11.6 Å². The normalized spacial score (nSPS) is 19.1. The third-order valence-corrected chi connectivity index (χ3v) is 5.27. The van der Waals surface area contributed by atoms with Gasteiger partial charge in [-0.15, -0.1) is 34.2 Å². The second-order valence-corrected chi connectivity index (χ2v) is 7.24. The van der Waals surface area contributed by atoms with Gasteiger partial charge in [-0.05, 0) is 44.7 Å². The van der Waals surface area contributed by atoms with E-state index >= 15 is 0 Å². The first-order valence-corrected chi connectivity index (χ1v) is 9.91. The molecule has 1 saturated heterocycles. The van der Waals surface area contributed by atoms with Gasteiger partial charge in [-0.3, -0.25) is 9.39 Å². The molecule has 2 N–H and O–H groups in total. The van der Waals surface area contributed by atoms with Crippen LogP contribution in [0.3, 0.4) is 0 Å². The summed E-state index contributed by atoms with van der Waals surface area (Å²) in [4.78, 5) is 7.41. The monoisotopic (exact) mass is 483 g/mol. The second-order valence-electron chi connectivity index (χ2n) is 7.24. The Kier molecular flexibility index (Phi) is 7.28. The van der Waals surface area contributed by atoms with Crippen LogP contribution in [0, 0.1) is 0 Å². The fourth-order valence-electron chi connectivity index (χ4n) is 3.69. The fourth-order valence-corrected chi connectivity index (χ4v) is 3.69. The highest BCUT2D eigenvalue weighted by Gasteiger charge is 2.31. The number of nitrogens with zero attached hydrogens (tertiary/aromatic N) is 5. The summed E-state index contributed by atoms with van der Waals surface area (Å²) in [5.41, 5.74) is 0.888. The Bertz CT molecular complexity index is 747. The van der Waals surface area contributed by atoms with Crippen molar-refractivity contribution in [3.63, 3.8) is 0 Å². The quantitative estimate of drug-likeness (QED) is 0.374. The Hall–Kier alpha value is -1.42. The first-order chi connectivity index (χ1) is 12.8. The number of aromatic nitrogens is 3. The van der Waals surface area contributed by atoms with Crippen molar-refractivity contribution >= 4 is 35.6 Å². The number of hydrogen-bond donors (Lipinski definition) is 2. The van der Waals surface area contributed by atoms with Crippen molar-refractivity contribution in [2.45, 2.75) is 51.1 Å². The van der Waals surface area contributed by atoms with Crippen LogP contribution < -0.4 is 10.6 Å². The molecule has 148 valence electrons. The molecular weight excluding hydrogens is 453 g/mol. The molecule has 1 aliphatic carbocycles. The zero-order valence-corrected chi connectivity index (χ0v) is 18.3. The molecule has 1 aliphatic heterocycles. The summed E-state index contributed by atoms with van der Waals surface area (Å²) in [6.45, 7) is 6.12. The Labute approximate surface area is 178 Å². The minimum absolute atomic E-state index is 0. The predicted molar refractivity (Wildman–Crippen MR) is 119 cm³/mol. The molecule has 8 heteroatoms. The number of fused-ring (bicyclic) bond motifs is 1. The minimum atomic E-state index is 0. The van der Waals surface area contributed by atoms with Crippen molar-refractivity contribution in [1.29, 1.82) is 0 Å². The van der Waals surface area contributed by atoms with Crippen LogP contribution in [0.25, 0.3) is 5.65 Å². The van der Waals surface area contributed by atoms with Gasteiger partial charge in [-0.25, -0.2) is 0 Å². The smallest absolute Gasteiger partial charge is 0.191 e. The van der Waals surface area contributed by atoms with Crippen molar-refractivity contribution in [3.05, 3.63) is 30.2 Å². The van der Waals surface area contributed by atoms with Crippen LogP contribution in [0.5, 0.6) is 0 Å². The molecule has 2 aromatic rings. The third-order valence-electron chi connectivity index (χ3n) is 5.27. The maximum atomic E-state index is 4.76. The zero-order valence-electron chi connectivity index (χ0n) is 16.0. The Morgan fingerprint density at radius 1 is 1.19 bits per heavy atom. The number of pyridine rings is 1. The maximum Gasteiger partial charge on any atom is 0.191 e. The summed E-state index contributed by atoms with van der Waals surface area (Å²) in [6, 6.07) is 7.36. The number of piperidine rings is 1. The van der Waals surface area contributed by atoms with Crippen LogP contribution in [0.4, 0.5) is 0 Å². The van der Waals surface area contributed by atoms with Crippen LogP contribution in [0.1, 0.15) is 38.4 Å². The van der Waals surface area contributed by atoms with Gasteiger partial charge in [0.05, 0.1) is 0 Å². The number of guanidine groups is 1. The lowest BCUT2D eigenvalue weighted by Crippen LogP contribution is -2.49. The maximum absolute atomic E-state index is 4.76. The molecule has 0 amide bonds. The van der Waals surface area contributed by atoms with Crippen LogP contribution >= 0.6 is 24.0 Å². The summed E-state index contributed by atoms with van der Waals surface area (Å²) in [7, 11) is 0. The second kappa shape index (κ2) is 9.68. The average Bonchev–Trinajstić information content (AvgIpc) is 3.44. The van der Waals surface area contributed by atoms with E-state index in [2.05, 4.69) is 32.7 Å². The predicted octanol–water partition coefficient (Wildman–Crippen LogP) is 2.07. The van der Waals surface area contributed by atoms with Crippen molar-refractivity contribution in [1.82, 2.24) is 30.1 Å². The number of hydrogen-bond acceptors (Lipinski definition) is 4. The molecule has 2 fully saturated rings. The van der Waals surface area contributed by atoms with Gasteiger partial charge in [0.25, 0.3) is 0 Å². The van der Waals surface area contributed by atoms with E-state index in [1.54, 1.807) is 0 Å². The highest BCUT2D eigenvalue weighted by molar-refractivity contribution is 14.0. The Morgan fingerprint density at radius 2 is 2.00 bits per heavy atom. The van der Waals surface area contributed by atoms with E-state index in [1.165, 1.54) is 38.8 Å². The van der Waals surface area contributed by atoms with E-state index in [-0.39, 0.29) is 24.0 Å². The lowest BCUT2D eigenvalue weighted by atomic mass is 10.1. The van der Waals surface area contributed by atoms with Crippen LogP contribution in [0.2, 0.25) is 0 Å². The molecule has 0 atom stereocenters. The van der Waals surface area contributed by atoms with E-state index < -0.39 is 0 Å². The number of aliphatic imine (C=N–C) groups is 1.